The third kappa shape index (κ3) is 2.61. The van der Waals surface area contributed by atoms with E-state index in [0.29, 0.717) is 0 Å². The van der Waals surface area contributed by atoms with Crippen molar-refractivity contribution >= 4 is 0 Å². The van der Waals surface area contributed by atoms with E-state index in [1.807, 2.05) is 11.5 Å². The van der Waals surface area contributed by atoms with Crippen LogP contribution in [0.3, 0.4) is 0 Å². The van der Waals surface area contributed by atoms with Gasteiger partial charge in [-0.3, -0.25) is 4.57 Å². The molecule has 0 bridgehead atoms. The number of rotatable bonds is 6. The smallest absolute Gasteiger partial charge is 0.276 e. The predicted octanol–water partition coefficient (Wildman–Crippen LogP) is 2.94. The first-order chi connectivity index (χ1) is 8.00. The summed E-state index contributed by atoms with van der Waals surface area (Å²) in [5.74, 6) is 0. The Morgan fingerprint density at radius 1 is 1.41 bits per heavy atom. The van der Waals surface area contributed by atoms with E-state index in [1.54, 1.807) is 11.0 Å². The van der Waals surface area contributed by atoms with E-state index in [-0.39, 0.29) is 17.3 Å². The average molecular weight is 239 g/mol. The molecule has 0 aliphatic rings. The molecule has 1 aromatic rings. The largest absolute Gasteiger partial charge is 0.346 e. The highest BCUT2D eigenvalue weighted by atomic mass is 16.2. The molecule has 0 radical (unpaired) electrons. The maximum Gasteiger partial charge on any atom is 0.346 e. The maximum absolute atomic E-state index is 12.3. The van der Waals surface area contributed by atoms with Crippen molar-refractivity contribution in [2.45, 2.75) is 71.9 Å². The Morgan fingerprint density at radius 3 is 2.53 bits per heavy atom. The van der Waals surface area contributed by atoms with Crippen LogP contribution in [0.25, 0.3) is 0 Å². The zero-order chi connectivity index (χ0) is 13.1. The summed E-state index contributed by atoms with van der Waals surface area (Å²) in [4.78, 5) is 12.3. The summed E-state index contributed by atoms with van der Waals surface area (Å²) in [6.45, 7) is 10.5. The van der Waals surface area contributed by atoms with Gasteiger partial charge < -0.3 is 0 Å². The third-order valence-corrected chi connectivity index (χ3v) is 3.83. The van der Waals surface area contributed by atoms with Gasteiger partial charge in [-0.25, -0.2) is 9.48 Å². The molecule has 0 fully saturated rings. The summed E-state index contributed by atoms with van der Waals surface area (Å²) < 4.78 is 3.41. The molecule has 17 heavy (non-hydrogen) atoms. The second kappa shape index (κ2) is 5.52. The second-order valence-electron chi connectivity index (χ2n) is 5.09. The van der Waals surface area contributed by atoms with E-state index >= 15 is 0 Å². The van der Waals surface area contributed by atoms with Gasteiger partial charge in [-0.1, -0.05) is 27.2 Å². The quantitative estimate of drug-likeness (QED) is 0.765. The molecule has 1 rings (SSSR count). The molecule has 0 spiro atoms. The average Bonchev–Trinajstić information content (AvgIpc) is 2.71. The normalized spacial score (nSPS) is 16.8. The summed E-state index contributed by atoms with van der Waals surface area (Å²) >= 11 is 0. The van der Waals surface area contributed by atoms with Gasteiger partial charge in [0.1, 0.15) is 6.33 Å². The topological polar surface area (TPSA) is 39.8 Å². The van der Waals surface area contributed by atoms with Gasteiger partial charge in [0, 0.05) is 5.54 Å². The van der Waals surface area contributed by atoms with Crippen LogP contribution in [0.5, 0.6) is 0 Å². The Hall–Kier alpha value is -1.06. The fourth-order valence-electron chi connectivity index (χ4n) is 2.17. The minimum absolute atomic E-state index is 0.0251. The van der Waals surface area contributed by atoms with Gasteiger partial charge in [0.05, 0.1) is 6.04 Å². The Balaban J connectivity index is 3.15. The molecule has 0 N–H and O–H groups in total. The van der Waals surface area contributed by atoms with Crippen LogP contribution in [0.1, 0.15) is 66.3 Å². The number of nitrogens with zero attached hydrogens (tertiary/aromatic N) is 3. The summed E-state index contributed by atoms with van der Waals surface area (Å²) in [6.07, 6.45) is 5.66. The zero-order valence-corrected chi connectivity index (χ0v) is 11.7. The van der Waals surface area contributed by atoms with E-state index < -0.39 is 0 Å². The first-order valence-corrected chi connectivity index (χ1v) is 6.66. The summed E-state index contributed by atoms with van der Waals surface area (Å²) in [7, 11) is 0. The summed E-state index contributed by atoms with van der Waals surface area (Å²) in [6, 6.07) is 0.173. The summed E-state index contributed by atoms with van der Waals surface area (Å²) in [5, 5.41) is 4.25. The van der Waals surface area contributed by atoms with E-state index in [4.69, 9.17) is 0 Å². The van der Waals surface area contributed by atoms with Gasteiger partial charge in [-0.05, 0) is 33.1 Å². The molecule has 0 aliphatic carbocycles. The van der Waals surface area contributed by atoms with E-state index in [9.17, 15) is 4.79 Å². The van der Waals surface area contributed by atoms with Crippen molar-refractivity contribution in [3.8, 4) is 0 Å². The van der Waals surface area contributed by atoms with Gasteiger partial charge >= 0.3 is 5.69 Å². The highest BCUT2D eigenvalue weighted by Crippen LogP contribution is 2.24. The Bertz CT molecular complexity index is 407. The Morgan fingerprint density at radius 2 is 2.06 bits per heavy atom. The first-order valence-electron chi connectivity index (χ1n) is 6.66. The van der Waals surface area contributed by atoms with Crippen LogP contribution in [0, 0.1) is 0 Å². The van der Waals surface area contributed by atoms with Gasteiger partial charge in [-0.2, -0.15) is 5.10 Å². The lowest BCUT2D eigenvalue weighted by Gasteiger charge is -2.28. The molecule has 1 heterocycles. The molecule has 0 aliphatic heterocycles. The second-order valence-corrected chi connectivity index (χ2v) is 5.09. The molecular weight excluding hydrogens is 214 g/mol. The zero-order valence-electron chi connectivity index (χ0n) is 11.7. The van der Waals surface area contributed by atoms with Crippen LogP contribution < -0.4 is 5.69 Å². The highest BCUT2D eigenvalue weighted by Gasteiger charge is 2.26. The Labute approximate surface area is 104 Å². The van der Waals surface area contributed by atoms with Gasteiger partial charge in [0.2, 0.25) is 0 Å². The molecule has 1 unspecified atom stereocenters. The highest BCUT2D eigenvalue weighted by molar-refractivity contribution is 4.86. The predicted molar refractivity (Wildman–Crippen MR) is 70.3 cm³/mol. The summed E-state index contributed by atoms with van der Waals surface area (Å²) in [5.41, 5.74) is -0.0745. The molecular formula is C13H25N3O. The number of hydrogen-bond donors (Lipinski definition) is 0. The minimum Gasteiger partial charge on any atom is -0.276 e. The van der Waals surface area contributed by atoms with Crippen LogP contribution in [-0.4, -0.2) is 14.3 Å². The van der Waals surface area contributed by atoms with Crippen LogP contribution in [-0.2, 0) is 5.54 Å². The van der Waals surface area contributed by atoms with Crippen molar-refractivity contribution in [1.82, 2.24) is 14.3 Å². The lowest BCUT2D eigenvalue weighted by atomic mass is 9.93. The lowest BCUT2D eigenvalue weighted by Crippen LogP contribution is -2.39. The molecule has 0 saturated heterocycles. The monoisotopic (exact) mass is 239 g/mol. The molecule has 0 saturated carbocycles. The van der Waals surface area contributed by atoms with Gasteiger partial charge in [0.25, 0.3) is 0 Å². The van der Waals surface area contributed by atoms with Crippen LogP contribution in [0.2, 0.25) is 0 Å². The van der Waals surface area contributed by atoms with Crippen molar-refractivity contribution in [3.63, 3.8) is 0 Å². The molecule has 1 aromatic heterocycles. The van der Waals surface area contributed by atoms with E-state index in [1.165, 1.54) is 0 Å². The van der Waals surface area contributed by atoms with Crippen molar-refractivity contribution in [1.29, 1.82) is 0 Å². The number of aromatic nitrogens is 3. The van der Waals surface area contributed by atoms with Gasteiger partial charge in [-0.15, -0.1) is 0 Å². The standard InChI is InChI=1S/C13H25N3O/c1-6-9-13(5,8-3)15-10-14-16(12(15)17)11(4)7-2/h10-11H,6-9H2,1-5H3/t11-,13?/m0/s1. The molecule has 2 atom stereocenters. The van der Waals surface area contributed by atoms with Crippen molar-refractivity contribution in [3.05, 3.63) is 16.8 Å². The SMILES string of the molecule is CCCC(C)(CC)n1cnn([C@@H](C)CC)c1=O. The maximum atomic E-state index is 12.3. The van der Waals surface area contributed by atoms with Gasteiger partial charge in [0.15, 0.2) is 0 Å². The van der Waals surface area contributed by atoms with Crippen molar-refractivity contribution in [2.24, 2.45) is 0 Å². The third-order valence-electron chi connectivity index (χ3n) is 3.83. The van der Waals surface area contributed by atoms with Crippen molar-refractivity contribution < 1.29 is 0 Å². The van der Waals surface area contributed by atoms with Crippen LogP contribution in [0.15, 0.2) is 11.1 Å². The molecule has 0 aromatic carbocycles. The molecule has 4 nitrogen and oxygen atoms in total. The molecule has 0 amide bonds. The Kier molecular flexibility index (Phi) is 4.54. The van der Waals surface area contributed by atoms with E-state index in [2.05, 4.69) is 32.8 Å². The molecule has 98 valence electrons. The fourth-order valence-corrected chi connectivity index (χ4v) is 2.17. The first kappa shape index (κ1) is 14.0. The minimum atomic E-state index is -0.0997. The van der Waals surface area contributed by atoms with E-state index in [0.717, 1.165) is 25.7 Å². The fraction of sp³-hybridized carbons (Fsp3) is 0.846. The molecule has 4 heteroatoms. The van der Waals surface area contributed by atoms with Crippen LogP contribution in [0.4, 0.5) is 0 Å². The number of hydrogen-bond acceptors (Lipinski definition) is 2. The van der Waals surface area contributed by atoms with Crippen LogP contribution >= 0.6 is 0 Å². The van der Waals surface area contributed by atoms with Crippen molar-refractivity contribution in [2.75, 3.05) is 0 Å². The lowest BCUT2D eigenvalue weighted by molar-refractivity contribution is 0.266.